The zero-order valence-electron chi connectivity index (χ0n) is 28.1. The van der Waals surface area contributed by atoms with Crippen LogP contribution in [0, 0.1) is 0 Å². The number of carbonyl (C=O) groups is 4. The van der Waals surface area contributed by atoms with E-state index in [1.54, 1.807) is 0 Å². The maximum Gasteiger partial charge on any atom is 0.332 e. The average molecular weight is 685 g/mol. The zero-order chi connectivity index (χ0) is 35.4. The number of nitrogens with two attached hydrogens (primary N) is 2. The Bertz CT molecular complexity index is 1780. The van der Waals surface area contributed by atoms with Gasteiger partial charge in [-0.05, 0) is 86.1 Å². The molecule has 50 heavy (non-hydrogen) atoms. The molecule has 2 saturated heterocycles. The minimum atomic E-state index is -0.947. The Balaban J connectivity index is 0.964. The Morgan fingerprint density at radius 1 is 0.700 bits per heavy atom. The Kier molecular flexibility index (Phi) is 10.4. The van der Waals surface area contributed by atoms with Gasteiger partial charge < -0.3 is 40.7 Å². The van der Waals surface area contributed by atoms with Crippen LogP contribution in [-0.4, -0.2) is 70.6 Å². The lowest BCUT2D eigenvalue weighted by atomic mass is 9.99. The number of rotatable bonds is 14. The number of aromatic nitrogens is 2. The molecule has 4 amide bonds. The molecule has 4 aromatic rings. The Labute approximate surface area is 289 Å². The number of carbonyl (C=O) groups excluding carboxylic acids is 4. The molecule has 2 fully saturated rings. The van der Waals surface area contributed by atoms with Crippen LogP contribution in [0.25, 0.3) is 21.8 Å². The predicted octanol–water partition coefficient (Wildman–Crippen LogP) is 2.65. The van der Waals surface area contributed by atoms with Crippen LogP contribution in [-0.2, 0) is 44.7 Å². The molecule has 10 N–H and O–H groups in total. The molecule has 0 spiro atoms. The number of benzene rings is 2. The van der Waals surface area contributed by atoms with E-state index >= 15 is 0 Å². The number of aryl methyl sites for hydroxylation is 2. The van der Waals surface area contributed by atoms with Crippen molar-refractivity contribution in [3.05, 3.63) is 83.2 Å². The number of ether oxygens (including phenoxy) is 2. The lowest BCUT2D eigenvalue weighted by molar-refractivity contribution is -0.145. The number of urea groups is 2. The SMILES string of the molecule is CC1NC(=O)NC1CCc1ccc2[nH]cc(CC(N)OC(=O)/C=C\C(=O)OC(N)Cc3c[nH]c4ccc(CCC5NC(=O)NC5C)cc34)c2c1. The molecule has 0 radical (unpaired) electrons. The highest BCUT2D eigenvalue weighted by molar-refractivity contribution is 5.92. The first kappa shape index (κ1) is 34.5. The molecule has 2 aliphatic rings. The highest BCUT2D eigenvalue weighted by Gasteiger charge is 2.28. The lowest BCUT2D eigenvalue weighted by Crippen LogP contribution is -2.31. The largest absolute Gasteiger partial charge is 0.443 e. The molecule has 264 valence electrons. The van der Waals surface area contributed by atoms with Crippen LogP contribution in [0.15, 0.2) is 60.9 Å². The summed E-state index contributed by atoms with van der Waals surface area (Å²) in [5.41, 5.74) is 18.2. The van der Waals surface area contributed by atoms with Crippen molar-refractivity contribution >= 4 is 45.8 Å². The van der Waals surface area contributed by atoms with Gasteiger partial charge in [-0.3, -0.25) is 11.5 Å². The van der Waals surface area contributed by atoms with Crippen LogP contribution in [0.1, 0.15) is 48.9 Å². The highest BCUT2D eigenvalue weighted by Crippen LogP contribution is 2.24. The molecule has 2 aromatic heterocycles. The van der Waals surface area contributed by atoms with Gasteiger partial charge >= 0.3 is 24.0 Å². The maximum absolute atomic E-state index is 12.5. The summed E-state index contributed by atoms with van der Waals surface area (Å²) in [6, 6.07) is 12.2. The first-order valence-electron chi connectivity index (χ1n) is 16.9. The van der Waals surface area contributed by atoms with Gasteiger partial charge in [-0.2, -0.15) is 0 Å². The van der Waals surface area contributed by atoms with Crippen molar-refractivity contribution in [1.29, 1.82) is 0 Å². The minimum Gasteiger partial charge on any atom is -0.443 e. The predicted molar refractivity (Wildman–Crippen MR) is 188 cm³/mol. The molecule has 2 aromatic carbocycles. The number of hydrogen-bond acceptors (Lipinski definition) is 8. The fourth-order valence-corrected chi connectivity index (χ4v) is 6.70. The molecule has 6 atom stereocenters. The van der Waals surface area contributed by atoms with E-state index in [0.717, 1.165) is 81.9 Å². The number of amides is 4. The van der Waals surface area contributed by atoms with E-state index < -0.39 is 24.4 Å². The average Bonchev–Trinajstić information content (AvgIpc) is 3.83. The van der Waals surface area contributed by atoms with Gasteiger partial charge in [0, 0.05) is 71.3 Å². The topological polar surface area (TPSA) is 218 Å². The molecule has 14 nitrogen and oxygen atoms in total. The second kappa shape index (κ2) is 15.0. The van der Waals surface area contributed by atoms with Crippen LogP contribution >= 0.6 is 0 Å². The number of hydrogen-bond donors (Lipinski definition) is 8. The summed E-state index contributed by atoms with van der Waals surface area (Å²) in [5.74, 6) is -1.56. The van der Waals surface area contributed by atoms with E-state index in [1.165, 1.54) is 0 Å². The second-order valence-electron chi connectivity index (χ2n) is 13.2. The minimum absolute atomic E-state index is 0.0681. The fourth-order valence-electron chi connectivity index (χ4n) is 6.70. The first-order chi connectivity index (χ1) is 24.0. The number of esters is 2. The molecule has 2 aliphatic heterocycles. The number of nitrogens with one attached hydrogen (secondary N) is 6. The normalized spacial score (nSPS) is 21.5. The third-order valence-corrected chi connectivity index (χ3v) is 9.44. The molecular weight excluding hydrogens is 640 g/mol. The molecule has 4 heterocycles. The van der Waals surface area contributed by atoms with Crippen LogP contribution < -0.4 is 32.7 Å². The summed E-state index contributed by atoms with van der Waals surface area (Å²) in [5, 5.41) is 13.6. The van der Waals surface area contributed by atoms with Gasteiger partial charge in [-0.25, -0.2) is 19.2 Å². The summed E-state index contributed by atoms with van der Waals surface area (Å²) in [7, 11) is 0. The number of H-pyrrole nitrogens is 2. The maximum atomic E-state index is 12.5. The molecule has 0 aliphatic carbocycles. The quantitative estimate of drug-likeness (QED) is 0.0560. The molecule has 0 saturated carbocycles. The van der Waals surface area contributed by atoms with Crippen molar-refractivity contribution in [1.82, 2.24) is 31.2 Å². The van der Waals surface area contributed by atoms with Crippen LogP contribution in [0.5, 0.6) is 0 Å². The fraction of sp³-hybridized carbons (Fsp3) is 0.389. The third kappa shape index (κ3) is 8.44. The Morgan fingerprint density at radius 3 is 1.50 bits per heavy atom. The van der Waals surface area contributed by atoms with Gasteiger partial charge in [0.25, 0.3) is 0 Å². The van der Waals surface area contributed by atoms with Crippen LogP contribution in [0.4, 0.5) is 9.59 Å². The van der Waals surface area contributed by atoms with Gasteiger partial charge in [0.15, 0.2) is 12.5 Å². The molecule has 6 rings (SSSR count). The smallest absolute Gasteiger partial charge is 0.332 e. The summed E-state index contributed by atoms with van der Waals surface area (Å²) < 4.78 is 10.7. The van der Waals surface area contributed by atoms with Crippen molar-refractivity contribution in [2.24, 2.45) is 11.5 Å². The van der Waals surface area contributed by atoms with Crippen molar-refractivity contribution in [3.63, 3.8) is 0 Å². The Hall–Kier alpha value is -5.34. The number of aromatic amines is 2. The number of fused-ring (bicyclic) bond motifs is 2. The third-order valence-electron chi connectivity index (χ3n) is 9.44. The van der Waals surface area contributed by atoms with E-state index in [1.807, 2.05) is 50.5 Å². The van der Waals surface area contributed by atoms with E-state index in [9.17, 15) is 19.2 Å². The van der Waals surface area contributed by atoms with Crippen molar-refractivity contribution in [2.45, 2.75) is 89.0 Å². The monoisotopic (exact) mass is 684 g/mol. The van der Waals surface area contributed by atoms with Crippen molar-refractivity contribution in [3.8, 4) is 0 Å². The van der Waals surface area contributed by atoms with E-state index in [0.29, 0.717) is 0 Å². The van der Waals surface area contributed by atoms with Gasteiger partial charge in [-0.1, -0.05) is 12.1 Å². The first-order valence-corrected chi connectivity index (χ1v) is 16.9. The van der Waals surface area contributed by atoms with E-state index in [-0.39, 0.29) is 49.1 Å². The summed E-state index contributed by atoms with van der Waals surface area (Å²) in [6.45, 7) is 3.96. The molecule has 14 heteroatoms. The lowest BCUT2D eigenvalue weighted by Gasteiger charge is -2.14. The van der Waals surface area contributed by atoms with E-state index in [4.69, 9.17) is 20.9 Å². The summed E-state index contributed by atoms with van der Waals surface area (Å²) in [4.78, 5) is 54.5. The standard InChI is InChI=1S/C36H44N8O6/c1-19-27(43-35(47)41-19)7-3-21-5-9-29-25(13-21)23(17-39-29)15-31(37)49-33(45)11-12-34(46)50-32(38)16-24-18-40-30-10-6-22(14-26(24)30)4-8-28-20(2)42-36(48)44-28/h5-6,9-14,17-20,27-28,31-32,39-40H,3-4,7-8,15-16,37-38H2,1-2H3,(H2,41,43,47)(H2,42,44,48)/b12-11-. The second-order valence-corrected chi connectivity index (χ2v) is 13.2. The molecular formula is C36H44N8O6. The molecule has 0 bridgehead atoms. The summed E-state index contributed by atoms with van der Waals surface area (Å²) in [6.07, 6.45) is 7.42. The van der Waals surface area contributed by atoms with Crippen molar-refractivity contribution in [2.75, 3.05) is 0 Å². The summed E-state index contributed by atoms with van der Waals surface area (Å²) >= 11 is 0. The van der Waals surface area contributed by atoms with Gasteiger partial charge in [0.2, 0.25) is 0 Å². The van der Waals surface area contributed by atoms with E-state index in [2.05, 4.69) is 43.4 Å². The van der Waals surface area contributed by atoms with Crippen molar-refractivity contribution < 1.29 is 28.7 Å². The van der Waals surface area contributed by atoms with Crippen LogP contribution in [0.3, 0.4) is 0 Å². The zero-order valence-corrected chi connectivity index (χ0v) is 28.1. The van der Waals surface area contributed by atoms with Gasteiger partial charge in [-0.15, -0.1) is 0 Å². The van der Waals surface area contributed by atoms with Crippen LogP contribution in [0.2, 0.25) is 0 Å². The van der Waals surface area contributed by atoms with Gasteiger partial charge in [0.05, 0.1) is 12.1 Å². The Morgan fingerprint density at radius 2 is 1.12 bits per heavy atom. The molecule has 6 unspecified atom stereocenters. The highest BCUT2D eigenvalue weighted by atomic mass is 16.6. The van der Waals surface area contributed by atoms with Gasteiger partial charge in [0.1, 0.15) is 0 Å².